The monoisotopic (exact) mass is 283 g/mol. The van der Waals surface area contributed by atoms with Gasteiger partial charge in [-0.25, -0.2) is 13.8 Å². The van der Waals surface area contributed by atoms with E-state index >= 15 is 0 Å². The lowest BCUT2D eigenvalue weighted by Gasteiger charge is -1.98. The van der Waals surface area contributed by atoms with Crippen LogP contribution in [0.1, 0.15) is 12.1 Å². The molecule has 0 aliphatic heterocycles. The van der Waals surface area contributed by atoms with Gasteiger partial charge in [0.2, 0.25) is 0 Å². The Bertz CT molecular complexity index is 578. The SMILES string of the molecule is COC(=O)CCc1csc(-c2cc(F)cc(F)c2)n1. The third-order valence-corrected chi connectivity index (χ3v) is 3.41. The van der Waals surface area contributed by atoms with E-state index in [1.165, 1.54) is 30.6 Å². The molecule has 3 nitrogen and oxygen atoms in total. The standard InChI is InChI=1S/C13H11F2NO2S/c1-18-12(17)3-2-11-7-19-13(16-11)8-4-9(14)6-10(15)5-8/h4-7H,2-3H2,1H3. The molecule has 0 unspecified atom stereocenters. The van der Waals surface area contributed by atoms with E-state index in [0.717, 1.165) is 6.07 Å². The molecule has 2 aromatic rings. The second-order valence-electron chi connectivity index (χ2n) is 3.88. The number of rotatable bonds is 4. The Kier molecular flexibility index (Phi) is 4.21. The number of ether oxygens (including phenoxy) is 1. The maximum Gasteiger partial charge on any atom is 0.305 e. The molecule has 1 aromatic carbocycles. The van der Waals surface area contributed by atoms with Crippen molar-refractivity contribution in [1.82, 2.24) is 4.98 Å². The molecule has 0 aliphatic rings. The Morgan fingerprint density at radius 2 is 2.00 bits per heavy atom. The van der Waals surface area contributed by atoms with E-state index in [1.54, 1.807) is 5.38 Å². The summed E-state index contributed by atoms with van der Waals surface area (Å²) in [5.41, 5.74) is 1.10. The number of esters is 1. The molecule has 0 bridgehead atoms. The molecule has 6 heteroatoms. The van der Waals surface area contributed by atoms with Crippen LogP contribution in [0.4, 0.5) is 8.78 Å². The summed E-state index contributed by atoms with van der Waals surface area (Å²) in [5, 5.41) is 2.29. The van der Waals surface area contributed by atoms with Crippen molar-refractivity contribution in [2.75, 3.05) is 7.11 Å². The fourth-order valence-electron chi connectivity index (χ4n) is 1.56. The van der Waals surface area contributed by atoms with Gasteiger partial charge in [0.15, 0.2) is 0 Å². The Hall–Kier alpha value is -1.82. The maximum atomic E-state index is 13.1. The predicted octanol–water partition coefficient (Wildman–Crippen LogP) is 3.19. The molecular weight excluding hydrogens is 272 g/mol. The average molecular weight is 283 g/mol. The number of carbonyl (C=O) groups is 1. The van der Waals surface area contributed by atoms with Crippen LogP contribution in [0, 0.1) is 11.6 Å². The zero-order valence-electron chi connectivity index (χ0n) is 10.2. The second kappa shape index (κ2) is 5.88. The quantitative estimate of drug-likeness (QED) is 0.809. The lowest BCUT2D eigenvalue weighted by Crippen LogP contribution is -2.01. The number of benzene rings is 1. The molecule has 1 aromatic heterocycles. The van der Waals surface area contributed by atoms with Gasteiger partial charge in [-0.05, 0) is 12.1 Å². The van der Waals surface area contributed by atoms with Crippen LogP contribution in [0.2, 0.25) is 0 Å². The topological polar surface area (TPSA) is 39.2 Å². The number of hydrogen-bond acceptors (Lipinski definition) is 4. The van der Waals surface area contributed by atoms with Gasteiger partial charge in [-0.3, -0.25) is 4.79 Å². The molecule has 0 radical (unpaired) electrons. The lowest BCUT2D eigenvalue weighted by atomic mass is 10.2. The largest absolute Gasteiger partial charge is 0.469 e. The van der Waals surface area contributed by atoms with Gasteiger partial charge in [-0.2, -0.15) is 0 Å². The number of nitrogens with zero attached hydrogens (tertiary/aromatic N) is 1. The van der Waals surface area contributed by atoms with Crippen LogP contribution >= 0.6 is 11.3 Å². The third-order valence-electron chi connectivity index (χ3n) is 2.47. The van der Waals surface area contributed by atoms with Gasteiger partial charge in [0, 0.05) is 23.4 Å². The zero-order valence-corrected chi connectivity index (χ0v) is 11.0. The molecule has 1 heterocycles. The highest BCUT2D eigenvalue weighted by molar-refractivity contribution is 7.13. The molecule has 0 amide bonds. The molecule has 0 saturated carbocycles. The van der Waals surface area contributed by atoms with Gasteiger partial charge < -0.3 is 4.74 Å². The van der Waals surface area contributed by atoms with E-state index in [-0.39, 0.29) is 12.4 Å². The van der Waals surface area contributed by atoms with Gasteiger partial charge >= 0.3 is 5.97 Å². The number of thiazole rings is 1. The Morgan fingerprint density at radius 1 is 1.32 bits per heavy atom. The first-order chi connectivity index (χ1) is 9.08. The molecule has 0 N–H and O–H groups in total. The number of hydrogen-bond donors (Lipinski definition) is 0. The van der Waals surface area contributed by atoms with Crippen LogP contribution in [0.15, 0.2) is 23.6 Å². The third kappa shape index (κ3) is 3.57. The van der Waals surface area contributed by atoms with E-state index in [4.69, 9.17) is 0 Å². The summed E-state index contributed by atoms with van der Waals surface area (Å²) in [4.78, 5) is 15.3. The van der Waals surface area contributed by atoms with E-state index in [9.17, 15) is 13.6 Å². The Labute approximate surface area is 112 Å². The number of methoxy groups -OCH3 is 1. The first-order valence-electron chi connectivity index (χ1n) is 5.56. The minimum absolute atomic E-state index is 0.233. The van der Waals surface area contributed by atoms with Crippen LogP contribution in [0.3, 0.4) is 0 Å². The fraction of sp³-hybridized carbons (Fsp3) is 0.231. The van der Waals surface area contributed by atoms with Crippen molar-refractivity contribution in [3.05, 3.63) is 40.9 Å². The van der Waals surface area contributed by atoms with Crippen molar-refractivity contribution in [3.63, 3.8) is 0 Å². The van der Waals surface area contributed by atoms with Gasteiger partial charge in [0.1, 0.15) is 16.6 Å². The molecule has 19 heavy (non-hydrogen) atoms. The predicted molar refractivity (Wildman–Crippen MR) is 67.8 cm³/mol. The van der Waals surface area contributed by atoms with Crippen LogP contribution in [0.5, 0.6) is 0 Å². The molecular formula is C13H11F2NO2S. The average Bonchev–Trinajstić information content (AvgIpc) is 2.83. The highest BCUT2D eigenvalue weighted by Crippen LogP contribution is 2.25. The second-order valence-corrected chi connectivity index (χ2v) is 4.74. The Balaban J connectivity index is 2.14. The van der Waals surface area contributed by atoms with Gasteiger partial charge in [-0.1, -0.05) is 0 Å². The van der Waals surface area contributed by atoms with Crippen LogP contribution in [-0.2, 0) is 16.0 Å². The summed E-state index contributed by atoms with van der Waals surface area (Å²) in [6.07, 6.45) is 0.679. The normalized spacial score (nSPS) is 10.5. The fourth-order valence-corrected chi connectivity index (χ4v) is 2.41. The first kappa shape index (κ1) is 13.6. The first-order valence-corrected chi connectivity index (χ1v) is 6.44. The van der Waals surface area contributed by atoms with Crippen molar-refractivity contribution in [2.45, 2.75) is 12.8 Å². The lowest BCUT2D eigenvalue weighted by molar-refractivity contribution is -0.140. The number of halogens is 2. The maximum absolute atomic E-state index is 13.1. The summed E-state index contributed by atoms with van der Waals surface area (Å²) in [6.45, 7) is 0. The summed E-state index contributed by atoms with van der Waals surface area (Å²) in [6, 6.07) is 3.27. The minimum Gasteiger partial charge on any atom is -0.469 e. The summed E-state index contributed by atoms with van der Waals surface area (Å²) >= 11 is 1.28. The van der Waals surface area contributed by atoms with Gasteiger partial charge in [0.05, 0.1) is 19.2 Å². The van der Waals surface area contributed by atoms with Crippen molar-refractivity contribution in [2.24, 2.45) is 0 Å². The molecule has 0 spiro atoms. The zero-order chi connectivity index (χ0) is 13.8. The summed E-state index contributed by atoms with van der Waals surface area (Å²) < 4.78 is 30.7. The minimum atomic E-state index is -0.638. The number of carbonyl (C=O) groups excluding carboxylic acids is 1. The highest BCUT2D eigenvalue weighted by Gasteiger charge is 2.09. The van der Waals surface area contributed by atoms with Crippen LogP contribution in [0.25, 0.3) is 10.6 Å². The number of aryl methyl sites for hydroxylation is 1. The van der Waals surface area contributed by atoms with E-state index in [0.29, 0.717) is 22.7 Å². The van der Waals surface area contributed by atoms with Crippen molar-refractivity contribution >= 4 is 17.3 Å². The van der Waals surface area contributed by atoms with Crippen LogP contribution < -0.4 is 0 Å². The van der Waals surface area contributed by atoms with Gasteiger partial charge in [-0.15, -0.1) is 11.3 Å². The van der Waals surface area contributed by atoms with Crippen LogP contribution in [-0.4, -0.2) is 18.1 Å². The van der Waals surface area contributed by atoms with E-state index in [1.807, 2.05) is 0 Å². The molecule has 0 saturated heterocycles. The molecule has 0 fully saturated rings. The summed E-state index contributed by atoms with van der Waals surface area (Å²) in [7, 11) is 1.32. The molecule has 100 valence electrons. The highest BCUT2D eigenvalue weighted by atomic mass is 32.1. The Morgan fingerprint density at radius 3 is 2.63 bits per heavy atom. The van der Waals surface area contributed by atoms with Crippen molar-refractivity contribution < 1.29 is 18.3 Å². The summed E-state index contributed by atoms with van der Waals surface area (Å²) in [5.74, 6) is -1.59. The van der Waals surface area contributed by atoms with Gasteiger partial charge in [0.25, 0.3) is 0 Å². The number of aromatic nitrogens is 1. The van der Waals surface area contributed by atoms with E-state index in [2.05, 4.69) is 9.72 Å². The molecule has 2 rings (SSSR count). The van der Waals surface area contributed by atoms with Crippen molar-refractivity contribution in [1.29, 1.82) is 0 Å². The molecule has 0 atom stereocenters. The molecule has 0 aliphatic carbocycles. The van der Waals surface area contributed by atoms with E-state index < -0.39 is 11.6 Å². The van der Waals surface area contributed by atoms with Crippen molar-refractivity contribution in [3.8, 4) is 10.6 Å². The smallest absolute Gasteiger partial charge is 0.305 e.